The lowest BCUT2D eigenvalue weighted by Gasteiger charge is -2.43. The number of nitrogens with zero attached hydrogens (tertiary/aromatic N) is 1. The van der Waals surface area contributed by atoms with Gasteiger partial charge in [-0.1, -0.05) is 43.2 Å². The Balaban J connectivity index is 1.26. The molecule has 0 radical (unpaired) electrons. The van der Waals surface area contributed by atoms with Gasteiger partial charge in [-0.2, -0.15) is 0 Å². The molecule has 29 heavy (non-hydrogen) atoms. The molecule has 2 heterocycles. The molecular formula is C21H27N5OS2. The van der Waals surface area contributed by atoms with E-state index < -0.39 is 0 Å². The first-order valence-electron chi connectivity index (χ1n) is 10.3. The monoisotopic (exact) mass is 429 g/mol. The molecule has 8 heteroatoms. The average Bonchev–Trinajstić information content (AvgIpc) is 3.15. The Morgan fingerprint density at radius 3 is 2.90 bits per heavy atom. The van der Waals surface area contributed by atoms with Crippen LogP contribution in [0.1, 0.15) is 36.9 Å². The van der Waals surface area contributed by atoms with Crippen molar-refractivity contribution >= 4 is 39.7 Å². The second-order valence-electron chi connectivity index (χ2n) is 7.70. The molecule has 2 aliphatic rings. The van der Waals surface area contributed by atoms with Crippen molar-refractivity contribution in [2.75, 3.05) is 11.9 Å². The highest BCUT2D eigenvalue weighted by Gasteiger charge is 2.36. The van der Waals surface area contributed by atoms with Gasteiger partial charge < -0.3 is 21.3 Å². The van der Waals surface area contributed by atoms with Gasteiger partial charge in [-0.15, -0.1) is 11.3 Å². The first-order valence-corrected chi connectivity index (χ1v) is 11.5. The summed E-state index contributed by atoms with van der Waals surface area (Å²) in [6, 6.07) is 10.6. The van der Waals surface area contributed by atoms with Crippen LogP contribution in [0.3, 0.4) is 0 Å². The zero-order valence-electron chi connectivity index (χ0n) is 16.3. The molecule has 0 spiro atoms. The molecule has 3 unspecified atom stereocenters. The fourth-order valence-electron chi connectivity index (χ4n) is 4.14. The summed E-state index contributed by atoms with van der Waals surface area (Å²) >= 11 is 6.91. The maximum atomic E-state index is 12.2. The number of thiocarbonyl (C=S) groups is 1. The van der Waals surface area contributed by atoms with Crippen molar-refractivity contribution in [3.8, 4) is 0 Å². The molecule has 3 atom stereocenters. The molecule has 1 aromatic heterocycles. The molecule has 2 fully saturated rings. The van der Waals surface area contributed by atoms with E-state index in [4.69, 9.17) is 12.2 Å². The highest BCUT2D eigenvalue weighted by Crippen LogP contribution is 2.30. The van der Waals surface area contributed by atoms with E-state index in [1.165, 1.54) is 24.8 Å². The highest BCUT2D eigenvalue weighted by atomic mass is 32.1. The quantitative estimate of drug-likeness (QED) is 0.507. The zero-order chi connectivity index (χ0) is 20.1. The summed E-state index contributed by atoms with van der Waals surface area (Å²) in [6.45, 7) is 0.637. The number of carbonyl (C=O) groups excluding carboxylic acids is 1. The predicted octanol–water partition coefficient (Wildman–Crippen LogP) is 2.82. The summed E-state index contributed by atoms with van der Waals surface area (Å²) in [6.07, 6.45) is 6.07. The van der Waals surface area contributed by atoms with Crippen LogP contribution in [0.5, 0.6) is 0 Å². The standard InChI is InChI=1S/C21H27N5OS2/c27-18(22-11-10-14-6-2-1-3-7-14)12-15-13-29-21(23-15)26-19-16-8-4-5-9-17(16)24-20(28)25-19/h1-3,6-7,13,16-17,19H,4-5,8-12H2,(H,22,27)(H,23,26)(H2,24,25,28). The summed E-state index contributed by atoms with van der Waals surface area (Å²) < 4.78 is 0. The lowest BCUT2D eigenvalue weighted by Crippen LogP contribution is -2.63. The largest absolute Gasteiger partial charge is 0.360 e. The van der Waals surface area contributed by atoms with Crippen molar-refractivity contribution < 1.29 is 4.79 Å². The molecule has 154 valence electrons. The van der Waals surface area contributed by atoms with Crippen molar-refractivity contribution in [2.24, 2.45) is 5.92 Å². The molecular weight excluding hydrogens is 402 g/mol. The number of aromatic nitrogens is 1. The van der Waals surface area contributed by atoms with E-state index in [0.29, 0.717) is 30.0 Å². The summed E-state index contributed by atoms with van der Waals surface area (Å²) in [5.74, 6) is 0.496. The molecule has 1 aliphatic carbocycles. The number of benzene rings is 1. The van der Waals surface area contributed by atoms with Gasteiger partial charge in [0, 0.05) is 23.9 Å². The smallest absolute Gasteiger partial charge is 0.226 e. The lowest BCUT2D eigenvalue weighted by molar-refractivity contribution is -0.120. The Kier molecular flexibility index (Phi) is 6.61. The molecule has 1 aliphatic heterocycles. The third-order valence-corrected chi connectivity index (χ3v) is 6.66. The Morgan fingerprint density at radius 2 is 2.03 bits per heavy atom. The van der Waals surface area contributed by atoms with E-state index in [0.717, 1.165) is 23.7 Å². The minimum atomic E-state index is 0.00583. The van der Waals surface area contributed by atoms with Crippen LogP contribution in [0.2, 0.25) is 0 Å². The molecule has 2 aromatic rings. The van der Waals surface area contributed by atoms with E-state index in [-0.39, 0.29) is 12.1 Å². The normalized spacial score (nSPS) is 23.4. The number of carbonyl (C=O) groups is 1. The molecule has 0 bridgehead atoms. The first kappa shape index (κ1) is 20.1. The van der Waals surface area contributed by atoms with Gasteiger partial charge in [0.2, 0.25) is 5.91 Å². The van der Waals surface area contributed by atoms with E-state index >= 15 is 0 Å². The minimum Gasteiger partial charge on any atom is -0.360 e. The van der Waals surface area contributed by atoms with Crippen LogP contribution < -0.4 is 21.3 Å². The van der Waals surface area contributed by atoms with Gasteiger partial charge in [0.1, 0.15) is 6.17 Å². The molecule has 1 aromatic carbocycles. The van der Waals surface area contributed by atoms with Crippen LogP contribution in [0.15, 0.2) is 35.7 Å². The van der Waals surface area contributed by atoms with E-state index in [1.807, 2.05) is 23.6 Å². The first-order chi connectivity index (χ1) is 14.2. The minimum absolute atomic E-state index is 0.00583. The lowest BCUT2D eigenvalue weighted by atomic mass is 9.81. The molecule has 6 nitrogen and oxygen atoms in total. The zero-order valence-corrected chi connectivity index (χ0v) is 18.0. The summed E-state index contributed by atoms with van der Waals surface area (Å²) in [5, 5.41) is 16.7. The third kappa shape index (κ3) is 5.45. The van der Waals surface area contributed by atoms with Crippen molar-refractivity contribution in [2.45, 2.75) is 50.7 Å². The van der Waals surface area contributed by atoms with Gasteiger partial charge >= 0.3 is 0 Å². The topological polar surface area (TPSA) is 78.1 Å². The maximum absolute atomic E-state index is 12.2. The highest BCUT2D eigenvalue weighted by molar-refractivity contribution is 7.80. The molecule has 1 amide bonds. The van der Waals surface area contributed by atoms with Crippen LogP contribution in [0.25, 0.3) is 0 Å². The van der Waals surface area contributed by atoms with Gasteiger partial charge in [0.25, 0.3) is 0 Å². The number of thiazole rings is 1. The number of anilines is 1. The Labute approximate surface area is 180 Å². The summed E-state index contributed by atoms with van der Waals surface area (Å²) in [5.41, 5.74) is 2.02. The van der Waals surface area contributed by atoms with Crippen LogP contribution in [-0.4, -0.2) is 34.8 Å². The number of amides is 1. The predicted molar refractivity (Wildman–Crippen MR) is 121 cm³/mol. The summed E-state index contributed by atoms with van der Waals surface area (Å²) in [7, 11) is 0. The van der Waals surface area contributed by atoms with E-state index in [2.05, 4.69) is 38.4 Å². The number of hydrogen-bond acceptors (Lipinski definition) is 5. The fraction of sp³-hybridized carbons (Fsp3) is 0.476. The van der Waals surface area contributed by atoms with Crippen LogP contribution >= 0.6 is 23.6 Å². The Bertz CT molecular complexity index is 841. The fourth-order valence-corrected chi connectivity index (χ4v) is 5.17. The maximum Gasteiger partial charge on any atom is 0.226 e. The van der Waals surface area contributed by atoms with E-state index in [1.54, 1.807) is 11.3 Å². The van der Waals surface area contributed by atoms with Gasteiger partial charge in [-0.05, 0) is 37.0 Å². The molecule has 4 rings (SSSR count). The van der Waals surface area contributed by atoms with Crippen LogP contribution in [0.4, 0.5) is 5.13 Å². The van der Waals surface area contributed by atoms with Gasteiger partial charge in [-0.25, -0.2) is 4.98 Å². The van der Waals surface area contributed by atoms with Gasteiger partial charge in [0.05, 0.1) is 12.1 Å². The van der Waals surface area contributed by atoms with Crippen molar-refractivity contribution in [3.63, 3.8) is 0 Å². The molecule has 4 N–H and O–H groups in total. The number of hydrogen-bond donors (Lipinski definition) is 4. The van der Waals surface area contributed by atoms with Crippen molar-refractivity contribution in [1.29, 1.82) is 0 Å². The average molecular weight is 430 g/mol. The Hall–Kier alpha value is -2.19. The van der Waals surface area contributed by atoms with Crippen LogP contribution in [0, 0.1) is 5.92 Å². The Morgan fingerprint density at radius 1 is 1.21 bits per heavy atom. The van der Waals surface area contributed by atoms with Crippen molar-refractivity contribution in [3.05, 3.63) is 47.0 Å². The molecule has 1 saturated carbocycles. The van der Waals surface area contributed by atoms with Crippen molar-refractivity contribution in [1.82, 2.24) is 20.9 Å². The summed E-state index contributed by atoms with van der Waals surface area (Å²) in [4.78, 5) is 16.8. The second-order valence-corrected chi connectivity index (χ2v) is 8.97. The van der Waals surface area contributed by atoms with Gasteiger partial charge in [0.15, 0.2) is 10.2 Å². The number of fused-ring (bicyclic) bond motifs is 1. The molecule has 1 saturated heterocycles. The SMILES string of the molecule is O=C(Cc1csc(NC2NC(=S)NC3CCCCC32)n1)NCCc1ccccc1. The van der Waals surface area contributed by atoms with E-state index in [9.17, 15) is 4.79 Å². The third-order valence-electron chi connectivity index (χ3n) is 5.60. The van der Waals surface area contributed by atoms with Gasteiger partial charge in [-0.3, -0.25) is 4.79 Å². The second kappa shape index (κ2) is 9.54. The van der Waals surface area contributed by atoms with Crippen LogP contribution in [-0.2, 0) is 17.6 Å². The number of nitrogens with one attached hydrogen (secondary N) is 4. The number of rotatable bonds is 7.